The van der Waals surface area contributed by atoms with Crippen molar-refractivity contribution in [1.29, 1.82) is 0 Å². The number of rotatable bonds is 10. The van der Waals surface area contributed by atoms with Crippen molar-refractivity contribution >= 4 is 35.0 Å². The molecule has 0 fully saturated rings. The maximum absolute atomic E-state index is 13.8. The van der Waals surface area contributed by atoms with Crippen molar-refractivity contribution in [3.8, 4) is 11.1 Å². The molecular formula is C35H40N8O4. The van der Waals surface area contributed by atoms with Crippen LogP contribution in [0.15, 0.2) is 66.2 Å². The lowest BCUT2D eigenvalue weighted by atomic mass is 9.90. The predicted molar refractivity (Wildman–Crippen MR) is 182 cm³/mol. The molecule has 244 valence electrons. The SMILES string of the molecule is C=CC(=O)NCCN(C)c1cccc(Nc2cc(-c3ccnc(N4CCn5c(cc6c5CC(C)(C)C6)C4=O)c3CO)cn(C)c2=O)n1. The van der Waals surface area contributed by atoms with Gasteiger partial charge in [-0.2, -0.15) is 0 Å². The summed E-state index contributed by atoms with van der Waals surface area (Å²) in [5.74, 6) is 1.16. The third-order valence-corrected chi connectivity index (χ3v) is 8.89. The van der Waals surface area contributed by atoms with Gasteiger partial charge in [-0.25, -0.2) is 9.97 Å². The number of aromatic nitrogens is 4. The minimum atomic E-state index is -0.344. The second kappa shape index (κ2) is 12.5. The summed E-state index contributed by atoms with van der Waals surface area (Å²) in [5.41, 5.74) is 5.20. The summed E-state index contributed by atoms with van der Waals surface area (Å²) in [4.78, 5) is 51.3. The molecule has 0 saturated carbocycles. The van der Waals surface area contributed by atoms with Crippen LogP contribution < -0.4 is 26.0 Å². The van der Waals surface area contributed by atoms with Gasteiger partial charge in [-0.05, 0) is 65.8 Å². The molecule has 5 heterocycles. The van der Waals surface area contributed by atoms with Gasteiger partial charge in [0, 0.05) is 69.5 Å². The number of fused-ring (bicyclic) bond motifs is 3. The zero-order valence-electron chi connectivity index (χ0n) is 27.2. The smallest absolute Gasteiger partial charge is 0.276 e. The third kappa shape index (κ3) is 6.16. The summed E-state index contributed by atoms with van der Waals surface area (Å²) in [6.07, 6.45) is 6.45. The molecule has 12 heteroatoms. The molecule has 0 atom stereocenters. The average molecular weight is 637 g/mol. The molecule has 0 spiro atoms. The van der Waals surface area contributed by atoms with Crippen molar-refractivity contribution in [2.45, 2.75) is 39.8 Å². The second-order valence-electron chi connectivity index (χ2n) is 12.9. The number of carbonyl (C=O) groups excluding carboxylic acids is 2. The lowest BCUT2D eigenvalue weighted by Gasteiger charge is -2.31. The Kier molecular flexibility index (Phi) is 8.45. The molecule has 6 rings (SSSR count). The molecule has 0 bridgehead atoms. The van der Waals surface area contributed by atoms with Gasteiger partial charge in [0.1, 0.15) is 28.8 Å². The molecule has 2 aliphatic rings. The topological polar surface area (TPSA) is 138 Å². The highest BCUT2D eigenvalue weighted by atomic mass is 16.3. The van der Waals surface area contributed by atoms with E-state index >= 15 is 0 Å². The first-order valence-electron chi connectivity index (χ1n) is 15.7. The number of aliphatic hydroxyl groups excluding tert-OH is 1. The van der Waals surface area contributed by atoms with E-state index < -0.39 is 0 Å². The maximum atomic E-state index is 13.8. The number of aryl methyl sites for hydroxylation is 1. The van der Waals surface area contributed by atoms with Gasteiger partial charge in [0.15, 0.2) is 0 Å². The van der Waals surface area contributed by atoms with Crippen molar-refractivity contribution in [3.05, 3.63) is 94.3 Å². The quantitative estimate of drug-likeness (QED) is 0.225. The monoisotopic (exact) mass is 636 g/mol. The van der Waals surface area contributed by atoms with Gasteiger partial charge in [-0.1, -0.05) is 26.5 Å². The number of hydrogen-bond acceptors (Lipinski definition) is 8. The first kappa shape index (κ1) is 31.7. The minimum absolute atomic E-state index is 0.135. The Hall–Kier alpha value is -5.23. The first-order chi connectivity index (χ1) is 22.5. The number of carbonyl (C=O) groups is 2. The second-order valence-corrected chi connectivity index (χ2v) is 12.9. The molecular weight excluding hydrogens is 596 g/mol. The molecule has 0 aromatic carbocycles. The van der Waals surface area contributed by atoms with Crippen LogP contribution in [0.4, 0.5) is 23.1 Å². The van der Waals surface area contributed by atoms with E-state index in [-0.39, 0.29) is 29.4 Å². The van der Waals surface area contributed by atoms with Crippen molar-refractivity contribution in [1.82, 2.24) is 24.4 Å². The highest BCUT2D eigenvalue weighted by Crippen LogP contribution is 2.40. The fraction of sp³-hybridized carbons (Fsp3) is 0.343. The van der Waals surface area contributed by atoms with E-state index in [2.05, 4.69) is 45.6 Å². The molecule has 1 aliphatic carbocycles. The van der Waals surface area contributed by atoms with Crippen LogP contribution in [-0.4, -0.2) is 62.7 Å². The van der Waals surface area contributed by atoms with Crippen LogP contribution in [-0.2, 0) is 37.8 Å². The molecule has 3 N–H and O–H groups in total. The maximum Gasteiger partial charge on any atom is 0.276 e. The third-order valence-electron chi connectivity index (χ3n) is 8.89. The average Bonchev–Trinajstić information content (AvgIpc) is 3.55. The normalized spacial score (nSPS) is 14.8. The van der Waals surface area contributed by atoms with Crippen molar-refractivity contribution in [3.63, 3.8) is 0 Å². The van der Waals surface area contributed by atoms with Gasteiger partial charge in [0.05, 0.1) is 6.61 Å². The van der Waals surface area contributed by atoms with Gasteiger partial charge >= 0.3 is 0 Å². The minimum Gasteiger partial charge on any atom is -0.392 e. The van der Waals surface area contributed by atoms with Crippen LogP contribution in [0, 0.1) is 5.41 Å². The number of amides is 2. The zero-order chi connectivity index (χ0) is 33.5. The zero-order valence-corrected chi connectivity index (χ0v) is 27.2. The van der Waals surface area contributed by atoms with Crippen LogP contribution in [0.3, 0.4) is 0 Å². The molecule has 4 aromatic heterocycles. The summed E-state index contributed by atoms with van der Waals surface area (Å²) in [5, 5.41) is 16.5. The van der Waals surface area contributed by atoms with E-state index in [1.165, 1.54) is 21.9 Å². The van der Waals surface area contributed by atoms with E-state index in [0.29, 0.717) is 71.7 Å². The van der Waals surface area contributed by atoms with Crippen LogP contribution >= 0.6 is 0 Å². The number of likely N-dealkylation sites (N-methyl/N-ethyl adjacent to an activating group) is 1. The van der Waals surface area contributed by atoms with Gasteiger partial charge in [0.25, 0.3) is 11.5 Å². The largest absolute Gasteiger partial charge is 0.392 e. The number of nitrogens with zero attached hydrogens (tertiary/aromatic N) is 6. The van der Waals surface area contributed by atoms with Crippen LogP contribution in [0.5, 0.6) is 0 Å². The molecule has 47 heavy (non-hydrogen) atoms. The molecule has 0 saturated heterocycles. The molecule has 0 radical (unpaired) electrons. The molecule has 1 aliphatic heterocycles. The molecule has 12 nitrogen and oxygen atoms in total. The van der Waals surface area contributed by atoms with Gasteiger partial charge < -0.3 is 29.8 Å². The number of nitrogens with one attached hydrogen (secondary N) is 2. The van der Waals surface area contributed by atoms with Crippen LogP contribution in [0.2, 0.25) is 0 Å². The van der Waals surface area contributed by atoms with Crippen LogP contribution in [0.25, 0.3) is 11.1 Å². The fourth-order valence-corrected chi connectivity index (χ4v) is 6.58. The lowest BCUT2D eigenvalue weighted by molar-refractivity contribution is -0.116. The van der Waals surface area contributed by atoms with Gasteiger partial charge in [-0.3, -0.25) is 19.3 Å². The Morgan fingerprint density at radius 1 is 1.17 bits per heavy atom. The Balaban J connectivity index is 1.27. The van der Waals surface area contributed by atoms with E-state index in [9.17, 15) is 19.5 Å². The number of pyridine rings is 3. The summed E-state index contributed by atoms with van der Waals surface area (Å²) in [7, 11) is 3.52. The Morgan fingerprint density at radius 3 is 2.74 bits per heavy atom. The van der Waals surface area contributed by atoms with Crippen molar-refractivity contribution < 1.29 is 14.7 Å². The van der Waals surface area contributed by atoms with Crippen molar-refractivity contribution in [2.24, 2.45) is 12.5 Å². The summed E-state index contributed by atoms with van der Waals surface area (Å²) < 4.78 is 3.62. The van der Waals surface area contributed by atoms with Gasteiger partial charge in [0.2, 0.25) is 5.91 Å². The van der Waals surface area contributed by atoms with E-state index in [1.807, 2.05) is 30.1 Å². The molecule has 0 unspecified atom stereocenters. The van der Waals surface area contributed by atoms with E-state index in [1.54, 1.807) is 42.5 Å². The number of hydrogen-bond donors (Lipinski definition) is 3. The fourth-order valence-electron chi connectivity index (χ4n) is 6.58. The highest BCUT2D eigenvalue weighted by Gasteiger charge is 2.37. The van der Waals surface area contributed by atoms with Crippen LogP contribution in [0.1, 0.15) is 41.2 Å². The van der Waals surface area contributed by atoms with Crippen molar-refractivity contribution in [2.75, 3.05) is 41.8 Å². The standard InChI is InChI=1S/C35H40N8O4/c1-6-31(45)36-12-13-40(4)30-9-7-8-29(39-30)38-26-16-23(20-41(5)33(26)46)24-10-11-37-32(25(24)21-44)43-15-14-42-27(34(43)47)17-22-18-35(2,3)19-28(22)42/h6-11,16-17,20,44H,1,12-15,18-19,21H2,2-5H3,(H,36,45)(H,38,39). The molecule has 4 aromatic rings. The number of aliphatic hydroxyl groups is 1. The summed E-state index contributed by atoms with van der Waals surface area (Å²) in [6, 6.07) is 11.0. The van der Waals surface area contributed by atoms with E-state index in [4.69, 9.17) is 0 Å². The Morgan fingerprint density at radius 2 is 1.98 bits per heavy atom. The van der Waals surface area contributed by atoms with Gasteiger partial charge in [-0.15, -0.1) is 0 Å². The molecule has 2 amide bonds. The lowest BCUT2D eigenvalue weighted by Crippen LogP contribution is -2.41. The van der Waals surface area contributed by atoms with E-state index in [0.717, 1.165) is 12.8 Å². The summed E-state index contributed by atoms with van der Waals surface area (Å²) >= 11 is 0. The predicted octanol–water partition coefficient (Wildman–Crippen LogP) is 3.40. The Bertz CT molecular complexity index is 1940. The highest BCUT2D eigenvalue weighted by molar-refractivity contribution is 6.06. The summed E-state index contributed by atoms with van der Waals surface area (Å²) in [6.45, 7) is 9.65. The Labute approximate surface area is 273 Å². The first-order valence-corrected chi connectivity index (χ1v) is 15.7. The number of anilines is 4.